The van der Waals surface area contributed by atoms with E-state index in [2.05, 4.69) is 4.72 Å². The summed E-state index contributed by atoms with van der Waals surface area (Å²) in [7, 11) is 0. The summed E-state index contributed by atoms with van der Waals surface area (Å²) in [5, 5.41) is -0.296. The van der Waals surface area contributed by atoms with Crippen LogP contribution in [0.2, 0.25) is 10.0 Å². The summed E-state index contributed by atoms with van der Waals surface area (Å²) in [6.45, 7) is 0.750. The molecular formula is C20H18Cl2F4N2O2S. The summed E-state index contributed by atoms with van der Waals surface area (Å²) in [6.07, 6.45) is -1.36. The van der Waals surface area contributed by atoms with E-state index in [9.17, 15) is 22.4 Å². The second-order valence-electron chi connectivity index (χ2n) is 6.86. The minimum Gasteiger partial charge on any atom is -0.490 e. The zero-order chi connectivity index (χ0) is 22.8. The fourth-order valence-corrected chi connectivity index (χ4v) is 4.20. The van der Waals surface area contributed by atoms with Crippen molar-refractivity contribution < 1.29 is 27.1 Å². The standard InChI is InChI=1S/C20H18Cl2F4N2O2S/c1-31-27-19(29)13-8-16(22)18(9-17(13)23)30-10-12-3-2-6-28(12)11-4-5-14(15(21)7-11)20(24,25)26/h4-5,7-9,12H,2-3,6,10H2,1H3,(H,27,29). The first-order chi connectivity index (χ1) is 14.6. The van der Waals surface area contributed by atoms with Gasteiger partial charge in [-0.1, -0.05) is 35.1 Å². The molecule has 0 aromatic heterocycles. The van der Waals surface area contributed by atoms with E-state index in [1.54, 1.807) is 6.26 Å². The van der Waals surface area contributed by atoms with Crippen molar-refractivity contribution >= 4 is 46.7 Å². The number of nitrogens with zero attached hydrogens (tertiary/aromatic N) is 1. The number of nitrogens with one attached hydrogen (secondary N) is 1. The molecule has 168 valence electrons. The van der Waals surface area contributed by atoms with Gasteiger partial charge < -0.3 is 9.64 Å². The van der Waals surface area contributed by atoms with Gasteiger partial charge in [-0.2, -0.15) is 13.2 Å². The van der Waals surface area contributed by atoms with Gasteiger partial charge in [0.2, 0.25) is 0 Å². The molecule has 1 aliphatic heterocycles. The third-order valence-electron chi connectivity index (χ3n) is 4.86. The number of carbonyl (C=O) groups excluding carboxylic acids is 1. The topological polar surface area (TPSA) is 41.6 Å². The quantitative estimate of drug-likeness (QED) is 0.381. The average Bonchev–Trinajstić information content (AvgIpc) is 3.16. The first-order valence-corrected chi connectivity index (χ1v) is 11.2. The second kappa shape index (κ2) is 9.75. The van der Waals surface area contributed by atoms with Crippen LogP contribution in [-0.4, -0.2) is 31.4 Å². The minimum absolute atomic E-state index is 0.0785. The third kappa shape index (κ3) is 5.51. The lowest BCUT2D eigenvalue weighted by molar-refractivity contribution is -0.137. The van der Waals surface area contributed by atoms with Gasteiger partial charge in [0.05, 0.1) is 27.2 Å². The van der Waals surface area contributed by atoms with E-state index in [0.29, 0.717) is 12.2 Å². The Morgan fingerprint density at radius 3 is 2.65 bits per heavy atom. The molecule has 3 rings (SSSR count). The van der Waals surface area contributed by atoms with Gasteiger partial charge in [-0.15, -0.1) is 0 Å². The highest BCUT2D eigenvalue weighted by atomic mass is 35.5. The Kier molecular flexibility index (Phi) is 7.49. The van der Waals surface area contributed by atoms with Gasteiger partial charge in [0.25, 0.3) is 5.91 Å². The number of carbonyl (C=O) groups is 1. The lowest BCUT2D eigenvalue weighted by Crippen LogP contribution is -2.34. The van der Waals surface area contributed by atoms with E-state index in [1.807, 2.05) is 4.90 Å². The molecule has 0 bridgehead atoms. The third-order valence-corrected chi connectivity index (χ3v) is 5.86. The molecule has 11 heteroatoms. The number of amides is 1. The normalized spacial score (nSPS) is 16.5. The number of hydrogen-bond acceptors (Lipinski definition) is 4. The number of hydrogen-bond donors (Lipinski definition) is 1. The van der Waals surface area contributed by atoms with Crippen molar-refractivity contribution in [3.63, 3.8) is 0 Å². The van der Waals surface area contributed by atoms with E-state index in [-0.39, 0.29) is 34.0 Å². The molecule has 0 radical (unpaired) electrons. The van der Waals surface area contributed by atoms with E-state index in [0.717, 1.165) is 36.9 Å². The van der Waals surface area contributed by atoms with Gasteiger partial charge in [-0.05, 0) is 37.1 Å². The minimum atomic E-state index is -4.52. The molecule has 1 unspecified atom stereocenters. The molecule has 4 nitrogen and oxygen atoms in total. The van der Waals surface area contributed by atoms with Crippen LogP contribution in [0.3, 0.4) is 0 Å². The van der Waals surface area contributed by atoms with Crippen LogP contribution in [0.15, 0.2) is 30.3 Å². The number of halogens is 6. The van der Waals surface area contributed by atoms with Gasteiger partial charge in [-0.3, -0.25) is 9.52 Å². The molecule has 1 saturated heterocycles. The Morgan fingerprint density at radius 1 is 1.26 bits per heavy atom. The number of anilines is 1. The maximum Gasteiger partial charge on any atom is 0.417 e. The van der Waals surface area contributed by atoms with Gasteiger partial charge in [0.15, 0.2) is 0 Å². The zero-order valence-electron chi connectivity index (χ0n) is 16.2. The van der Waals surface area contributed by atoms with E-state index in [1.165, 1.54) is 18.2 Å². The van der Waals surface area contributed by atoms with Crippen LogP contribution in [0.1, 0.15) is 28.8 Å². The SMILES string of the molecule is CSNC(=O)c1cc(Cl)c(OCC2CCCN2c2ccc(C(F)(F)F)c(Cl)c2)cc1F. The van der Waals surface area contributed by atoms with E-state index >= 15 is 0 Å². The predicted molar refractivity (Wildman–Crippen MR) is 115 cm³/mol. The summed E-state index contributed by atoms with van der Waals surface area (Å²) in [4.78, 5) is 13.7. The first-order valence-electron chi connectivity index (χ1n) is 9.20. The Morgan fingerprint density at radius 2 is 2.00 bits per heavy atom. The molecule has 1 N–H and O–H groups in total. The van der Waals surface area contributed by atoms with Gasteiger partial charge in [0, 0.05) is 24.6 Å². The fraction of sp³-hybridized carbons (Fsp3) is 0.350. The van der Waals surface area contributed by atoms with Crippen LogP contribution in [0.5, 0.6) is 5.75 Å². The van der Waals surface area contributed by atoms with E-state index < -0.39 is 23.5 Å². The lowest BCUT2D eigenvalue weighted by atomic mass is 10.1. The zero-order valence-corrected chi connectivity index (χ0v) is 18.6. The number of alkyl halides is 3. The molecule has 1 amide bonds. The molecule has 1 atom stereocenters. The van der Waals surface area contributed by atoms with Crippen molar-refractivity contribution in [3.8, 4) is 5.75 Å². The van der Waals surface area contributed by atoms with Crippen molar-refractivity contribution in [1.82, 2.24) is 4.72 Å². The highest BCUT2D eigenvalue weighted by Crippen LogP contribution is 2.38. The molecule has 0 spiro atoms. The summed E-state index contributed by atoms with van der Waals surface area (Å²) in [5.41, 5.74) is -0.545. The van der Waals surface area contributed by atoms with Crippen molar-refractivity contribution in [2.45, 2.75) is 25.1 Å². The fourth-order valence-electron chi connectivity index (χ4n) is 3.41. The predicted octanol–water partition coefficient (Wildman–Crippen LogP) is 6.21. The van der Waals surface area contributed by atoms with Crippen molar-refractivity contribution in [3.05, 3.63) is 57.3 Å². The Labute approximate surface area is 191 Å². The second-order valence-corrected chi connectivity index (χ2v) is 8.29. The molecule has 31 heavy (non-hydrogen) atoms. The monoisotopic (exact) mass is 496 g/mol. The molecule has 2 aromatic carbocycles. The van der Waals surface area contributed by atoms with Crippen molar-refractivity contribution in [2.75, 3.05) is 24.3 Å². The molecule has 1 fully saturated rings. The van der Waals surface area contributed by atoms with Crippen LogP contribution in [0.4, 0.5) is 23.2 Å². The number of benzene rings is 2. The van der Waals surface area contributed by atoms with Crippen molar-refractivity contribution in [2.24, 2.45) is 0 Å². The van der Waals surface area contributed by atoms with E-state index in [4.69, 9.17) is 27.9 Å². The maximum atomic E-state index is 14.3. The summed E-state index contributed by atoms with van der Waals surface area (Å²) < 4.78 is 61.3. The molecule has 1 heterocycles. The summed E-state index contributed by atoms with van der Waals surface area (Å²) in [6, 6.07) is 5.70. The number of ether oxygens (including phenoxy) is 1. The molecule has 2 aromatic rings. The Hall–Kier alpha value is -1.84. The lowest BCUT2D eigenvalue weighted by Gasteiger charge is -2.27. The van der Waals surface area contributed by atoms with Gasteiger partial charge in [0.1, 0.15) is 18.2 Å². The number of rotatable bonds is 6. The van der Waals surface area contributed by atoms with Crippen LogP contribution >= 0.6 is 35.1 Å². The highest BCUT2D eigenvalue weighted by Gasteiger charge is 2.34. The van der Waals surface area contributed by atoms with Crippen LogP contribution in [0.25, 0.3) is 0 Å². The van der Waals surface area contributed by atoms with Crippen LogP contribution in [0, 0.1) is 5.82 Å². The molecule has 0 saturated carbocycles. The van der Waals surface area contributed by atoms with Gasteiger partial charge >= 0.3 is 6.18 Å². The Balaban J connectivity index is 1.73. The molecule has 0 aliphatic carbocycles. The molecule has 1 aliphatic rings. The van der Waals surface area contributed by atoms with Crippen LogP contribution < -0.4 is 14.4 Å². The van der Waals surface area contributed by atoms with Crippen LogP contribution in [-0.2, 0) is 6.18 Å². The maximum absolute atomic E-state index is 14.3. The smallest absolute Gasteiger partial charge is 0.417 e. The van der Waals surface area contributed by atoms with Gasteiger partial charge in [-0.25, -0.2) is 4.39 Å². The highest BCUT2D eigenvalue weighted by molar-refractivity contribution is 7.97. The first kappa shape index (κ1) is 23.8. The average molecular weight is 497 g/mol. The van der Waals surface area contributed by atoms with Crippen molar-refractivity contribution in [1.29, 1.82) is 0 Å². The summed E-state index contributed by atoms with van der Waals surface area (Å²) >= 11 is 13.0. The summed E-state index contributed by atoms with van der Waals surface area (Å²) in [5.74, 6) is -1.31. The largest absolute Gasteiger partial charge is 0.490 e. The Bertz CT molecular complexity index is 975. The molecular weight excluding hydrogens is 479 g/mol.